The number of esters is 1. The minimum absolute atomic E-state index is 0.219. The van der Waals surface area contributed by atoms with Crippen molar-refractivity contribution < 1.29 is 19.1 Å². The molecule has 5 nitrogen and oxygen atoms in total. The first-order valence-corrected chi connectivity index (χ1v) is 9.31. The number of methoxy groups -OCH3 is 1. The molecule has 27 heavy (non-hydrogen) atoms. The predicted molar refractivity (Wildman–Crippen MR) is 102 cm³/mol. The molecule has 0 radical (unpaired) electrons. The lowest BCUT2D eigenvalue weighted by Gasteiger charge is -2.38. The summed E-state index contributed by atoms with van der Waals surface area (Å²) < 4.78 is 10.6. The molecule has 1 saturated heterocycles. The number of nitrogens with zero attached hydrogens (tertiary/aromatic N) is 1. The minimum atomic E-state index is -0.513. The van der Waals surface area contributed by atoms with Crippen molar-refractivity contribution in [1.82, 2.24) is 4.90 Å². The number of carbonyl (C=O) groups is 2. The number of hydrogen-bond acceptors (Lipinski definition) is 4. The van der Waals surface area contributed by atoms with Gasteiger partial charge in [-0.3, -0.25) is 4.79 Å². The summed E-state index contributed by atoms with van der Waals surface area (Å²) in [7, 11) is 1.39. The van der Waals surface area contributed by atoms with Crippen LogP contribution in [0.4, 0.5) is 4.79 Å². The summed E-state index contributed by atoms with van der Waals surface area (Å²) >= 11 is 0. The van der Waals surface area contributed by atoms with Gasteiger partial charge in [0.15, 0.2) is 0 Å². The van der Waals surface area contributed by atoms with Gasteiger partial charge in [-0.25, -0.2) is 4.79 Å². The topological polar surface area (TPSA) is 55.8 Å². The van der Waals surface area contributed by atoms with Crippen molar-refractivity contribution in [2.75, 3.05) is 13.7 Å². The van der Waals surface area contributed by atoms with Gasteiger partial charge in [0.1, 0.15) is 12.5 Å². The Hall–Kier alpha value is -2.82. The summed E-state index contributed by atoms with van der Waals surface area (Å²) in [6, 6.07) is 18.8. The van der Waals surface area contributed by atoms with E-state index in [4.69, 9.17) is 9.47 Å². The molecule has 2 aromatic rings. The van der Waals surface area contributed by atoms with E-state index in [1.54, 1.807) is 4.90 Å². The molecule has 1 heterocycles. The summed E-state index contributed by atoms with van der Waals surface area (Å²) in [5, 5.41) is 0. The van der Waals surface area contributed by atoms with E-state index < -0.39 is 5.92 Å². The van der Waals surface area contributed by atoms with Gasteiger partial charge in [-0.05, 0) is 30.4 Å². The van der Waals surface area contributed by atoms with E-state index in [1.807, 2.05) is 60.7 Å². The fraction of sp³-hybridized carbons (Fsp3) is 0.364. The fourth-order valence-electron chi connectivity index (χ4n) is 3.64. The van der Waals surface area contributed by atoms with E-state index in [9.17, 15) is 9.59 Å². The highest BCUT2D eigenvalue weighted by molar-refractivity contribution is 5.80. The average Bonchev–Trinajstić information content (AvgIpc) is 2.74. The molecule has 0 spiro atoms. The maximum atomic E-state index is 12.8. The van der Waals surface area contributed by atoms with E-state index >= 15 is 0 Å². The zero-order valence-electron chi connectivity index (χ0n) is 15.5. The first-order valence-electron chi connectivity index (χ1n) is 9.31. The lowest BCUT2D eigenvalue weighted by atomic mass is 9.85. The minimum Gasteiger partial charge on any atom is -0.468 e. The van der Waals surface area contributed by atoms with Gasteiger partial charge in [-0.1, -0.05) is 60.7 Å². The molecule has 2 atom stereocenters. The molecule has 1 amide bonds. The van der Waals surface area contributed by atoms with Crippen LogP contribution in [0.5, 0.6) is 0 Å². The standard InChI is InChI=1S/C22H25NO4/c1-26-21(24)20(18-12-6-3-7-13-18)19-14-8-9-15-23(19)22(25)27-16-17-10-4-2-5-11-17/h2-7,10-13,19-20H,8-9,14-16H2,1H3/t19-,20+/m1/s1. The number of benzene rings is 2. The highest BCUT2D eigenvalue weighted by Gasteiger charge is 2.39. The number of amides is 1. The van der Waals surface area contributed by atoms with Crippen LogP contribution < -0.4 is 0 Å². The monoisotopic (exact) mass is 367 g/mol. The third-order valence-electron chi connectivity index (χ3n) is 4.99. The molecule has 2 aromatic carbocycles. The fourth-order valence-corrected chi connectivity index (χ4v) is 3.64. The van der Waals surface area contributed by atoms with Crippen molar-refractivity contribution in [3.63, 3.8) is 0 Å². The van der Waals surface area contributed by atoms with Gasteiger partial charge in [0.25, 0.3) is 0 Å². The van der Waals surface area contributed by atoms with Crippen molar-refractivity contribution in [1.29, 1.82) is 0 Å². The van der Waals surface area contributed by atoms with Crippen LogP contribution in [0.1, 0.15) is 36.3 Å². The van der Waals surface area contributed by atoms with Crippen LogP contribution in [0, 0.1) is 0 Å². The lowest BCUT2D eigenvalue weighted by Crippen LogP contribution is -2.49. The van der Waals surface area contributed by atoms with Crippen molar-refractivity contribution >= 4 is 12.1 Å². The molecule has 0 aliphatic carbocycles. The molecule has 3 rings (SSSR count). The van der Waals surface area contributed by atoms with Crippen LogP contribution in [0.3, 0.4) is 0 Å². The Morgan fingerprint density at radius 2 is 1.70 bits per heavy atom. The molecule has 1 aliphatic rings. The highest BCUT2D eigenvalue weighted by atomic mass is 16.6. The summed E-state index contributed by atoms with van der Waals surface area (Å²) in [4.78, 5) is 27.0. The molecular weight excluding hydrogens is 342 g/mol. The van der Waals surface area contributed by atoms with Crippen LogP contribution >= 0.6 is 0 Å². The van der Waals surface area contributed by atoms with Gasteiger partial charge in [0.05, 0.1) is 13.2 Å². The van der Waals surface area contributed by atoms with Crippen LogP contribution in [-0.4, -0.2) is 36.7 Å². The van der Waals surface area contributed by atoms with E-state index in [2.05, 4.69) is 0 Å². The summed E-state index contributed by atoms with van der Waals surface area (Å²) in [6.45, 7) is 0.801. The van der Waals surface area contributed by atoms with Crippen molar-refractivity contribution in [3.05, 3.63) is 71.8 Å². The highest BCUT2D eigenvalue weighted by Crippen LogP contribution is 2.32. The number of ether oxygens (including phenoxy) is 2. The molecule has 0 bridgehead atoms. The number of hydrogen-bond donors (Lipinski definition) is 0. The normalized spacial score (nSPS) is 17.8. The Kier molecular flexibility index (Phi) is 6.47. The lowest BCUT2D eigenvalue weighted by molar-refractivity contribution is -0.144. The Bertz CT molecular complexity index is 747. The molecule has 0 saturated carbocycles. The number of rotatable bonds is 5. The zero-order chi connectivity index (χ0) is 19.1. The Balaban J connectivity index is 1.78. The second kappa shape index (κ2) is 9.21. The molecule has 1 fully saturated rings. The van der Waals surface area contributed by atoms with Crippen molar-refractivity contribution in [3.8, 4) is 0 Å². The summed E-state index contributed by atoms with van der Waals surface area (Å²) in [6.07, 6.45) is 2.23. The van der Waals surface area contributed by atoms with Gasteiger partial charge in [0.2, 0.25) is 0 Å². The summed E-state index contributed by atoms with van der Waals surface area (Å²) in [5.74, 6) is -0.838. The Morgan fingerprint density at radius 1 is 1.04 bits per heavy atom. The van der Waals surface area contributed by atoms with Crippen LogP contribution in [0.25, 0.3) is 0 Å². The first-order chi connectivity index (χ1) is 13.2. The molecule has 5 heteroatoms. The van der Waals surface area contributed by atoms with Gasteiger partial charge in [-0.2, -0.15) is 0 Å². The maximum absolute atomic E-state index is 12.8. The Labute approximate surface area is 159 Å². The number of carbonyl (C=O) groups excluding carboxylic acids is 2. The third kappa shape index (κ3) is 4.67. The first kappa shape index (κ1) is 19.0. The molecular formula is C22H25NO4. The maximum Gasteiger partial charge on any atom is 0.410 e. The molecule has 1 aliphatic heterocycles. The van der Waals surface area contributed by atoms with Crippen LogP contribution in [-0.2, 0) is 20.9 Å². The Morgan fingerprint density at radius 3 is 2.37 bits per heavy atom. The second-order valence-electron chi connectivity index (χ2n) is 6.71. The van der Waals surface area contributed by atoms with E-state index in [1.165, 1.54) is 7.11 Å². The van der Waals surface area contributed by atoms with E-state index in [0.717, 1.165) is 30.4 Å². The SMILES string of the molecule is COC(=O)[C@@H](c1ccccc1)[C@H]1CCCCN1C(=O)OCc1ccccc1. The molecule has 0 aromatic heterocycles. The van der Waals surface area contributed by atoms with Gasteiger partial charge in [0, 0.05) is 6.54 Å². The van der Waals surface area contributed by atoms with Crippen molar-refractivity contribution in [2.45, 2.75) is 37.8 Å². The van der Waals surface area contributed by atoms with Gasteiger partial charge >= 0.3 is 12.1 Å². The van der Waals surface area contributed by atoms with Crippen LogP contribution in [0.15, 0.2) is 60.7 Å². The van der Waals surface area contributed by atoms with Crippen molar-refractivity contribution in [2.24, 2.45) is 0 Å². The number of likely N-dealkylation sites (tertiary alicyclic amines) is 1. The van der Waals surface area contributed by atoms with E-state index in [0.29, 0.717) is 6.54 Å². The molecule has 0 N–H and O–H groups in total. The van der Waals surface area contributed by atoms with E-state index in [-0.39, 0.29) is 24.7 Å². The molecule has 142 valence electrons. The van der Waals surface area contributed by atoms with Crippen LogP contribution in [0.2, 0.25) is 0 Å². The van der Waals surface area contributed by atoms with Gasteiger partial charge in [-0.15, -0.1) is 0 Å². The number of piperidine rings is 1. The summed E-state index contributed by atoms with van der Waals surface area (Å²) in [5.41, 5.74) is 1.80. The van der Waals surface area contributed by atoms with Gasteiger partial charge < -0.3 is 14.4 Å². The second-order valence-corrected chi connectivity index (χ2v) is 6.71. The largest absolute Gasteiger partial charge is 0.468 e. The third-order valence-corrected chi connectivity index (χ3v) is 4.99. The average molecular weight is 367 g/mol. The quantitative estimate of drug-likeness (QED) is 0.746. The molecule has 0 unspecified atom stereocenters. The zero-order valence-corrected chi connectivity index (χ0v) is 15.5. The smallest absolute Gasteiger partial charge is 0.410 e. The predicted octanol–water partition coefficient (Wildman–Crippen LogP) is 4.13.